The molecule has 2 atom stereocenters. The first-order chi connectivity index (χ1) is 9.88. The molecular formula is C13H14N4O4. The molecule has 0 bridgehead atoms. The molecule has 21 heavy (non-hydrogen) atoms. The van der Waals surface area contributed by atoms with E-state index in [0.717, 1.165) is 18.7 Å². The van der Waals surface area contributed by atoms with Crippen molar-refractivity contribution in [3.8, 4) is 6.07 Å². The number of hydrogen-bond donors (Lipinski definition) is 2. The van der Waals surface area contributed by atoms with Crippen LogP contribution in [-0.4, -0.2) is 27.0 Å². The van der Waals surface area contributed by atoms with Crippen molar-refractivity contribution < 1.29 is 14.8 Å². The van der Waals surface area contributed by atoms with Gasteiger partial charge in [-0.2, -0.15) is 5.26 Å². The predicted molar refractivity (Wildman–Crippen MR) is 72.6 cm³/mol. The predicted octanol–water partition coefficient (Wildman–Crippen LogP) is 1.92. The van der Waals surface area contributed by atoms with Crippen molar-refractivity contribution in [2.24, 2.45) is 5.41 Å². The number of rotatable bonds is 4. The quantitative estimate of drug-likeness (QED) is 0.640. The van der Waals surface area contributed by atoms with E-state index in [-0.39, 0.29) is 23.1 Å². The molecule has 0 aromatic carbocycles. The summed E-state index contributed by atoms with van der Waals surface area (Å²) in [4.78, 5) is 25.3. The molecule has 1 heterocycles. The first-order valence-electron chi connectivity index (χ1n) is 6.43. The van der Waals surface area contributed by atoms with E-state index in [2.05, 4.69) is 10.3 Å². The van der Waals surface area contributed by atoms with E-state index in [0.29, 0.717) is 12.8 Å². The van der Waals surface area contributed by atoms with Crippen LogP contribution in [0.2, 0.25) is 0 Å². The van der Waals surface area contributed by atoms with Gasteiger partial charge in [-0.05, 0) is 19.8 Å². The molecule has 2 rings (SSSR count). The van der Waals surface area contributed by atoms with Crippen molar-refractivity contribution >= 4 is 17.5 Å². The van der Waals surface area contributed by atoms with Gasteiger partial charge in [0.15, 0.2) is 0 Å². The number of aromatic nitrogens is 1. The van der Waals surface area contributed by atoms with E-state index in [1.165, 1.54) is 0 Å². The number of anilines is 1. The Bertz CT molecular complexity index is 640. The lowest BCUT2D eigenvalue weighted by atomic mass is 9.85. The fourth-order valence-electron chi connectivity index (χ4n) is 2.57. The van der Waals surface area contributed by atoms with Crippen molar-refractivity contribution in [2.45, 2.75) is 32.2 Å². The minimum absolute atomic E-state index is 0.0313. The number of nitro groups is 1. The van der Waals surface area contributed by atoms with Crippen LogP contribution in [0.4, 0.5) is 11.5 Å². The second-order valence-corrected chi connectivity index (χ2v) is 5.27. The molecule has 8 nitrogen and oxygen atoms in total. The molecule has 0 aliphatic heterocycles. The van der Waals surface area contributed by atoms with E-state index in [1.54, 1.807) is 6.92 Å². The summed E-state index contributed by atoms with van der Waals surface area (Å²) >= 11 is 0. The number of aliphatic carboxylic acids is 1. The summed E-state index contributed by atoms with van der Waals surface area (Å²) in [5.41, 5.74) is -1.18. The van der Waals surface area contributed by atoms with Crippen molar-refractivity contribution in [3.63, 3.8) is 0 Å². The summed E-state index contributed by atoms with van der Waals surface area (Å²) in [5, 5.41) is 32.1. The zero-order valence-corrected chi connectivity index (χ0v) is 11.4. The number of pyridine rings is 1. The first-order valence-corrected chi connectivity index (χ1v) is 6.43. The maximum atomic E-state index is 11.4. The third-order valence-electron chi connectivity index (χ3n) is 3.96. The van der Waals surface area contributed by atoms with Crippen LogP contribution in [0, 0.1) is 26.9 Å². The second-order valence-electron chi connectivity index (χ2n) is 5.27. The second kappa shape index (κ2) is 5.36. The van der Waals surface area contributed by atoms with Crippen molar-refractivity contribution in [1.29, 1.82) is 5.26 Å². The Morgan fingerprint density at radius 3 is 3.00 bits per heavy atom. The van der Waals surface area contributed by atoms with Gasteiger partial charge < -0.3 is 10.4 Å². The Hall–Kier alpha value is -2.69. The van der Waals surface area contributed by atoms with Crippen LogP contribution in [0.25, 0.3) is 0 Å². The van der Waals surface area contributed by atoms with Crippen LogP contribution >= 0.6 is 0 Å². The van der Waals surface area contributed by atoms with Gasteiger partial charge in [0, 0.05) is 12.1 Å². The Balaban J connectivity index is 2.30. The van der Waals surface area contributed by atoms with E-state index >= 15 is 0 Å². The molecule has 0 saturated heterocycles. The molecule has 2 unspecified atom stereocenters. The van der Waals surface area contributed by atoms with Crippen molar-refractivity contribution in [3.05, 3.63) is 27.9 Å². The number of carboxylic acid groups (broad SMARTS) is 1. The largest absolute Gasteiger partial charge is 0.481 e. The van der Waals surface area contributed by atoms with Crippen LogP contribution in [0.15, 0.2) is 12.3 Å². The average molecular weight is 290 g/mol. The van der Waals surface area contributed by atoms with E-state index in [1.807, 2.05) is 6.07 Å². The zero-order chi connectivity index (χ0) is 15.6. The standard InChI is InChI=1S/C13H14N4O4/c1-13(12(18)19)4-2-3-10(13)16-11-8(6-14)5-9(7-15-11)17(20)21/h5,7,10H,2-4H2,1H3,(H,15,16)(H,18,19). The molecule has 1 saturated carbocycles. The summed E-state index contributed by atoms with van der Waals surface area (Å²) in [5.74, 6) is -0.722. The molecule has 1 aliphatic rings. The summed E-state index contributed by atoms with van der Waals surface area (Å²) < 4.78 is 0. The summed E-state index contributed by atoms with van der Waals surface area (Å²) in [6.45, 7) is 1.65. The fraction of sp³-hybridized carbons (Fsp3) is 0.462. The summed E-state index contributed by atoms with van der Waals surface area (Å²) in [6, 6.07) is 2.61. The van der Waals surface area contributed by atoms with Gasteiger partial charge in [-0.25, -0.2) is 4.98 Å². The summed E-state index contributed by atoms with van der Waals surface area (Å²) in [6.07, 6.45) is 2.99. The monoisotopic (exact) mass is 290 g/mol. The number of carboxylic acids is 1. The lowest BCUT2D eigenvalue weighted by Crippen LogP contribution is -2.40. The number of nitrogens with zero attached hydrogens (tertiary/aromatic N) is 3. The maximum absolute atomic E-state index is 11.4. The van der Waals surface area contributed by atoms with Gasteiger partial charge in [-0.3, -0.25) is 14.9 Å². The SMILES string of the molecule is CC1(C(=O)O)CCCC1Nc1ncc([N+](=O)[O-])cc1C#N. The van der Waals surface area contributed by atoms with Gasteiger partial charge in [0.25, 0.3) is 5.69 Å². The molecule has 0 amide bonds. The molecule has 2 N–H and O–H groups in total. The molecule has 1 aliphatic carbocycles. The molecule has 0 radical (unpaired) electrons. The fourth-order valence-corrected chi connectivity index (χ4v) is 2.57. The van der Waals surface area contributed by atoms with Crippen LogP contribution in [0.3, 0.4) is 0 Å². The number of nitrogens with one attached hydrogen (secondary N) is 1. The topological polar surface area (TPSA) is 129 Å². The zero-order valence-electron chi connectivity index (χ0n) is 11.4. The van der Waals surface area contributed by atoms with Gasteiger partial charge >= 0.3 is 5.97 Å². The van der Waals surface area contributed by atoms with Gasteiger partial charge in [0.2, 0.25) is 0 Å². The Labute approximate surface area is 120 Å². The van der Waals surface area contributed by atoms with Gasteiger partial charge in [-0.15, -0.1) is 0 Å². The highest BCUT2D eigenvalue weighted by atomic mass is 16.6. The Morgan fingerprint density at radius 1 is 1.71 bits per heavy atom. The van der Waals surface area contributed by atoms with Crippen LogP contribution in [0.5, 0.6) is 0 Å². The highest BCUT2D eigenvalue weighted by molar-refractivity contribution is 5.76. The van der Waals surface area contributed by atoms with Crippen molar-refractivity contribution in [1.82, 2.24) is 4.98 Å². The summed E-state index contributed by atoms with van der Waals surface area (Å²) in [7, 11) is 0. The molecular weight excluding hydrogens is 276 g/mol. The lowest BCUT2D eigenvalue weighted by molar-refractivity contribution is -0.385. The molecule has 110 valence electrons. The van der Waals surface area contributed by atoms with E-state index in [4.69, 9.17) is 5.26 Å². The van der Waals surface area contributed by atoms with E-state index in [9.17, 15) is 20.0 Å². The molecule has 1 aromatic heterocycles. The molecule has 1 fully saturated rings. The normalized spacial score (nSPS) is 24.3. The lowest BCUT2D eigenvalue weighted by Gasteiger charge is -2.28. The first kappa shape index (κ1) is 14.7. The van der Waals surface area contributed by atoms with Gasteiger partial charge in [-0.1, -0.05) is 6.42 Å². The third-order valence-corrected chi connectivity index (χ3v) is 3.96. The minimum Gasteiger partial charge on any atom is -0.481 e. The Kier molecular flexibility index (Phi) is 3.76. The van der Waals surface area contributed by atoms with Crippen LogP contribution in [0.1, 0.15) is 31.7 Å². The van der Waals surface area contributed by atoms with Gasteiger partial charge in [0.1, 0.15) is 23.6 Å². The number of carbonyl (C=O) groups is 1. The van der Waals surface area contributed by atoms with Crippen LogP contribution < -0.4 is 5.32 Å². The van der Waals surface area contributed by atoms with E-state index < -0.39 is 16.3 Å². The Morgan fingerprint density at radius 2 is 2.43 bits per heavy atom. The third kappa shape index (κ3) is 2.63. The highest BCUT2D eigenvalue weighted by Gasteiger charge is 2.45. The van der Waals surface area contributed by atoms with Gasteiger partial charge in [0.05, 0.1) is 10.3 Å². The van der Waals surface area contributed by atoms with Crippen molar-refractivity contribution in [2.75, 3.05) is 5.32 Å². The number of nitriles is 1. The molecule has 0 spiro atoms. The van der Waals surface area contributed by atoms with Crippen LogP contribution in [-0.2, 0) is 4.79 Å². The highest BCUT2D eigenvalue weighted by Crippen LogP contribution is 2.40. The molecule has 1 aromatic rings. The smallest absolute Gasteiger partial charge is 0.311 e. The number of hydrogen-bond acceptors (Lipinski definition) is 6. The minimum atomic E-state index is -0.934. The maximum Gasteiger partial charge on any atom is 0.311 e. The molecule has 8 heteroatoms. The average Bonchev–Trinajstić information content (AvgIpc) is 2.81.